The number of phosphoric acid groups is 1. The monoisotopic (exact) mass is 320 g/mol. The molecule has 2 atom stereocenters. The van der Waals surface area contributed by atoms with Crippen molar-refractivity contribution in [1.82, 2.24) is 0 Å². The minimum Gasteiger partial charge on any atom is -0.502 e. The van der Waals surface area contributed by atoms with Crippen molar-refractivity contribution in [2.75, 3.05) is 6.61 Å². The van der Waals surface area contributed by atoms with Crippen molar-refractivity contribution in [3.63, 3.8) is 0 Å². The highest BCUT2D eigenvalue weighted by Crippen LogP contribution is 2.45. The Morgan fingerprint density at radius 2 is 1.95 bits per heavy atom. The van der Waals surface area contributed by atoms with Crippen LogP contribution in [-0.4, -0.2) is 22.7 Å². The SMILES string of the molecule is C=C=C=C=C=C=C=C=C(O)C(/C=C/C)OP(=O)(O)OCCC. The molecule has 5 nitrogen and oxygen atoms in total. The Bertz CT molecular complexity index is 706. The molecule has 0 aliphatic heterocycles. The number of hydrogen-bond acceptors (Lipinski definition) is 4. The first-order chi connectivity index (χ1) is 10.5. The summed E-state index contributed by atoms with van der Waals surface area (Å²) in [6, 6.07) is 0. The molecular weight excluding hydrogens is 303 g/mol. The Balaban J connectivity index is 5.47. The van der Waals surface area contributed by atoms with E-state index in [1.54, 1.807) is 19.9 Å². The van der Waals surface area contributed by atoms with E-state index in [4.69, 9.17) is 9.05 Å². The molecule has 2 N–H and O–H groups in total. The maximum Gasteiger partial charge on any atom is 0.473 e. The molecule has 0 aliphatic carbocycles. The molecule has 0 amide bonds. The van der Waals surface area contributed by atoms with Gasteiger partial charge >= 0.3 is 7.82 Å². The molecule has 0 saturated heterocycles. The standard InChI is InChI=1S/C16H17O5P/c1-4-7-8-9-10-11-13-15(17)16(12-5-2)21-22(18,19)20-14-6-3/h5,12,16-17H,1,6,14H2,2-3H3,(H,18,19)/b12-5+. The van der Waals surface area contributed by atoms with Crippen molar-refractivity contribution in [2.24, 2.45) is 0 Å². The molecule has 0 heterocycles. The topological polar surface area (TPSA) is 76.0 Å². The number of rotatable bonds is 7. The van der Waals surface area contributed by atoms with Crippen LogP contribution >= 0.6 is 7.82 Å². The van der Waals surface area contributed by atoms with Gasteiger partial charge in [0.1, 0.15) is 0 Å². The van der Waals surface area contributed by atoms with Crippen molar-refractivity contribution >= 4 is 7.82 Å². The third kappa shape index (κ3) is 9.71. The molecule has 0 spiro atoms. The second kappa shape index (κ2) is 11.5. The maximum atomic E-state index is 11.7. The molecule has 0 saturated carbocycles. The average molecular weight is 320 g/mol. The van der Waals surface area contributed by atoms with Crippen molar-refractivity contribution in [2.45, 2.75) is 26.4 Å². The zero-order valence-electron chi connectivity index (χ0n) is 12.4. The third-order valence-electron chi connectivity index (χ3n) is 1.87. The summed E-state index contributed by atoms with van der Waals surface area (Å²) in [6.45, 7) is 6.78. The molecular formula is C16H17O5P. The van der Waals surface area contributed by atoms with Crippen molar-refractivity contribution in [3.8, 4) is 0 Å². The van der Waals surface area contributed by atoms with Gasteiger partial charge in [0, 0.05) is 0 Å². The van der Waals surface area contributed by atoms with Gasteiger partial charge in [0.25, 0.3) is 0 Å². The van der Waals surface area contributed by atoms with Gasteiger partial charge in [-0.05, 0) is 54.3 Å². The molecule has 0 bridgehead atoms. The highest BCUT2D eigenvalue weighted by molar-refractivity contribution is 7.47. The normalized spacial score (nSPS) is 13.2. The quantitative estimate of drug-likeness (QED) is 0.324. The second-order valence-electron chi connectivity index (χ2n) is 3.67. The molecule has 6 heteroatoms. The average Bonchev–Trinajstić information content (AvgIpc) is 2.48. The molecule has 0 aromatic heterocycles. The van der Waals surface area contributed by atoms with E-state index >= 15 is 0 Å². The number of hydrogen-bond donors (Lipinski definition) is 2. The summed E-state index contributed by atoms with van der Waals surface area (Å²) in [5.41, 5.74) is 16.5. The van der Waals surface area contributed by atoms with Crippen molar-refractivity contribution < 1.29 is 23.6 Å². The lowest BCUT2D eigenvalue weighted by Crippen LogP contribution is -2.12. The fourth-order valence-corrected chi connectivity index (χ4v) is 1.97. The Morgan fingerprint density at radius 1 is 1.32 bits per heavy atom. The Labute approximate surface area is 129 Å². The van der Waals surface area contributed by atoms with Crippen LogP contribution in [0.2, 0.25) is 0 Å². The van der Waals surface area contributed by atoms with Crippen LogP contribution in [0, 0.1) is 0 Å². The van der Waals surface area contributed by atoms with Crippen LogP contribution in [0.4, 0.5) is 0 Å². The smallest absolute Gasteiger partial charge is 0.473 e. The van der Waals surface area contributed by atoms with Crippen molar-refractivity contribution in [3.05, 3.63) is 64.6 Å². The molecule has 116 valence electrons. The lowest BCUT2D eigenvalue weighted by Gasteiger charge is -2.16. The predicted octanol–water partition coefficient (Wildman–Crippen LogP) is 3.63. The van der Waals surface area contributed by atoms with E-state index in [1.807, 2.05) is 0 Å². The van der Waals surface area contributed by atoms with Gasteiger partial charge in [-0.1, -0.05) is 24.8 Å². The Morgan fingerprint density at radius 3 is 2.55 bits per heavy atom. The Kier molecular flexibility index (Phi) is 10.4. The summed E-state index contributed by atoms with van der Waals surface area (Å²) >= 11 is 0. The van der Waals surface area contributed by atoms with E-state index in [0.29, 0.717) is 6.42 Å². The Hall–Kier alpha value is -2.15. The summed E-state index contributed by atoms with van der Waals surface area (Å²) in [6.07, 6.45) is 2.26. The first-order valence-electron chi connectivity index (χ1n) is 6.34. The molecule has 0 radical (unpaired) electrons. The minimum atomic E-state index is -4.28. The highest BCUT2D eigenvalue weighted by Gasteiger charge is 2.27. The maximum absolute atomic E-state index is 11.7. The summed E-state index contributed by atoms with van der Waals surface area (Å²) < 4.78 is 21.2. The van der Waals surface area contributed by atoms with E-state index in [0.717, 1.165) is 0 Å². The molecule has 0 aliphatic rings. The highest BCUT2D eigenvalue weighted by atomic mass is 31.2. The number of aliphatic hydroxyl groups is 1. The van der Waals surface area contributed by atoms with Gasteiger partial charge in [0.15, 0.2) is 11.9 Å². The fraction of sp³-hybridized carbons (Fsp3) is 0.312. The van der Waals surface area contributed by atoms with E-state index in [1.165, 1.54) is 6.08 Å². The zero-order valence-corrected chi connectivity index (χ0v) is 13.3. The molecule has 0 rings (SSSR count). The molecule has 0 fully saturated rings. The molecule has 0 aromatic rings. The predicted molar refractivity (Wildman–Crippen MR) is 82.1 cm³/mol. The van der Waals surface area contributed by atoms with Crippen LogP contribution in [0.25, 0.3) is 0 Å². The van der Waals surface area contributed by atoms with Gasteiger partial charge in [-0.3, -0.25) is 9.05 Å². The third-order valence-corrected chi connectivity index (χ3v) is 2.87. The van der Waals surface area contributed by atoms with Gasteiger partial charge < -0.3 is 10.00 Å². The molecule has 0 aromatic carbocycles. The second-order valence-corrected chi connectivity index (χ2v) is 5.07. The lowest BCUT2D eigenvalue weighted by atomic mass is 10.3. The zero-order chi connectivity index (χ0) is 16.8. The first kappa shape index (κ1) is 19.9. The van der Waals surface area contributed by atoms with Gasteiger partial charge in [-0.25, -0.2) is 4.57 Å². The fourth-order valence-electron chi connectivity index (χ4n) is 1.04. The van der Waals surface area contributed by atoms with Gasteiger partial charge in [-0.2, -0.15) is 0 Å². The summed E-state index contributed by atoms with van der Waals surface area (Å²) in [5.74, 6) is -0.468. The summed E-state index contributed by atoms with van der Waals surface area (Å²) in [4.78, 5) is 9.51. The van der Waals surface area contributed by atoms with Gasteiger partial charge in [-0.15, -0.1) is 0 Å². The largest absolute Gasteiger partial charge is 0.502 e. The van der Waals surface area contributed by atoms with Crippen LogP contribution in [0.15, 0.2) is 64.6 Å². The van der Waals surface area contributed by atoms with E-state index < -0.39 is 19.7 Å². The van der Waals surface area contributed by atoms with E-state index in [9.17, 15) is 14.6 Å². The lowest BCUT2D eigenvalue weighted by molar-refractivity contribution is 0.118. The van der Waals surface area contributed by atoms with E-state index in [2.05, 4.69) is 46.7 Å². The minimum absolute atomic E-state index is 0.0627. The molecule has 22 heavy (non-hydrogen) atoms. The van der Waals surface area contributed by atoms with Crippen LogP contribution in [0.3, 0.4) is 0 Å². The van der Waals surface area contributed by atoms with Crippen molar-refractivity contribution in [1.29, 1.82) is 0 Å². The summed E-state index contributed by atoms with van der Waals surface area (Å²) in [7, 11) is -4.28. The summed E-state index contributed by atoms with van der Waals surface area (Å²) in [5, 5.41) is 9.78. The van der Waals surface area contributed by atoms with Crippen LogP contribution in [0.1, 0.15) is 20.3 Å². The number of allylic oxidation sites excluding steroid dienone is 1. The molecule has 2 unspecified atom stereocenters. The van der Waals surface area contributed by atoms with Crippen LogP contribution < -0.4 is 0 Å². The number of aliphatic hydroxyl groups excluding tert-OH is 1. The van der Waals surface area contributed by atoms with Crippen LogP contribution in [-0.2, 0) is 13.6 Å². The van der Waals surface area contributed by atoms with Crippen LogP contribution in [0.5, 0.6) is 0 Å². The van der Waals surface area contributed by atoms with E-state index in [-0.39, 0.29) is 6.61 Å². The van der Waals surface area contributed by atoms with Gasteiger partial charge in [0.05, 0.1) is 6.61 Å². The number of phosphoric ester groups is 1. The van der Waals surface area contributed by atoms with Gasteiger partial charge in [0.2, 0.25) is 0 Å². The first-order valence-corrected chi connectivity index (χ1v) is 7.83.